The third kappa shape index (κ3) is 3.64. The number of halogens is 4. The van der Waals surface area contributed by atoms with Gasteiger partial charge in [-0.2, -0.15) is 13.2 Å². The average Bonchev–Trinajstić information content (AvgIpc) is 3.35. The lowest BCUT2D eigenvalue weighted by molar-refractivity contribution is -0.138. The van der Waals surface area contributed by atoms with Crippen LogP contribution < -0.4 is 4.90 Å². The van der Waals surface area contributed by atoms with Crippen molar-refractivity contribution >= 4 is 5.82 Å². The highest BCUT2D eigenvalue weighted by molar-refractivity contribution is 5.42. The van der Waals surface area contributed by atoms with E-state index in [2.05, 4.69) is 20.1 Å². The van der Waals surface area contributed by atoms with Gasteiger partial charge in [-0.3, -0.25) is 4.90 Å². The van der Waals surface area contributed by atoms with E-state index in [1.807, 2.05) is 0 Å². The van der Waals surface area contributed by atoms with Gasteiger partial charge in [-0.25, -0.2) is 9.37 Å². The zero-order valence-electron chi connectivity index (χ0n) is 13.8. The van der Waals surface area contributed by atoms with E-state index in [0.717, 1.165) is 12.8 Å². The van der Waals surface area contributed by atoms with Crippen LogP contribution in [-0.2, 0) is 12.7 Å². The first kappa shape index (κ1) is 17.2. The molecule has 0 N–H and O–H groups in total. The summed E-state index contributed by atoms with van der Waals surface area (Å²) in [6.07, 6.45) is -1.75. The van der Waals surface area contributed by atoms with E-state index in [4.69, 9.17) is 4.42 Å². The standard InChI is InChI=1S/C16H17F4N5O/c17-12-7-11(16(18,19)20)8-21-14(12)25-5-3-24(4-6-25)9-13-22-23-15(26-13)10-1-2-10/h7-8,10H,1-6,9H2. The van der Waals surface area contributed by atoms with Crippen LogP contribution in [-0.4, -0.2) is 46.3 Å². The molecule has 1 aliphatic carbocycles. The van der Waals surface area contributed by atoms with Gasteiger partial charge in [-0.05, 0) is 18.9 Å². The number of piperazine rings is 1. The molecular formula is C16H17F4N5O. The molecule has 1 aliphatic heterocycles. The second-order valence-electron chi connectivity index (χ2n) is 6.60. The molecule has 2 fully saturated rings. The third-order valence-electron chi connectivity index (χ3n) is 4.59. The Morgan fingerprint density at radius 3 is 2.46 bits per heavy atom. The smallest absolute Gasteiger partial charge is 0.417 e. The Morgan fingerprint density at radius 2 is 1.85 bits per heavy atom. The first-order valence-corrected chi connectivity index (χ1v) is 8.42. The van der Waals surface area contributed by atoms with Crippen LogP contribution in [0.1, 0.15) is 36.1 Å². The summed E-state index contributed by atoms with van der Waals surface area (Å²) in [7, 11) is 0. The first-order chi connectivity index (χ1) is 12.4. The van der Waals surface area contributed by atoms with Crippen molar-refractivity contribution in [3.05, 3.63) is 35.4 Å². The van der Waals surface area contributed by atoms with Gasteiger partial charge in [0.05, 0.1) is 12.1 Å². The van der Waals surface area contributed by atoms with Crippen LogP contribution in [0.3, 0.4) is 0 Å². The number of pyridine rings is 1. The number of aromatic nitrogens is 3. The molecule has 1 saturated heterocycles. The number of hydrogen-bond donors (Lipinski definition) is 0. The second-order valence-corrected chi connectivity index (χ2v) is 6.60. The van der Waals surface area contributed by atoms with E-state index < -0.39 is 17.6 Å². The Morgan fingerprint density at radius 1 is 1.12 bits per heavy atom. The van der Waals surface area contributed by atoms with E-state index in [9.17, 15) is 17.6 Å². The van der Waals surface area contributed by atoms with Crippen LogP contribution >= 0.6 is 0 Å². The van der Waals surface area contributed by atoms with Crippen LogP contribution in [0.15, 0.2) is 16.7 Å². The van der Waals surface area contributed by atoms with E-state index in [1.165, 1.54) is 0 Å². The number of alkyl halides is 3. The molecule has 10 heteroatoms. The highest BCUT2D eigenvalue weighted by atomic mass is 19.4. The first-order valence-electron chi connectivity index (χ1n) is 8.42. The number of rotatable bonds is 4. The molecule has 0 amide bonds. The molecule has 4 rings (SSSR count). The van der Waals surface area contributed by atoms with Crippen molar-refractivity contribution in [2.45, 2.75) is 31.5 Å². The van der Waals surface area contributed by atoms with Gasteiger partial charge < -0.3 is 9.32 Å². The zero-order chi connectivity index (χ0) is 18.3. The summed E-state index contributed by atoms with van der Waals surface area (Å²) in [5.41, 5.74) is -1.08. The monoisotopic (exact) mass is 371 g/mol. The van der Waals surface area contributed by atoms with Crippen LogP contribution in [0.4, 0.5) is 23.4 Å². The highest BCUT2D eigenvalue weighted by Crippen LogP contribution is 2.39. The summed E-state index contributed by atoms with van der Waals surface area (Å²) in [6, 6.07) is 0.493. The predicted molar refractivity (Wildman–Crippen MR) is 83.0 cm³/mol. The van der Waals surface area contributed by atoms with E-state index in [1.54, 1.807) is 4.90 Å². The quantitative estimate of drug-likeness (QED) is 0.771. The summed E-state index contributed by atoms with van der Waals surface area (Å²) in [5.74, 6) is 0.640. The number of anilines is 1. The molecule has 1 saturated carbocycles. The molecule has 0 radical (unpaired) electrons. The molecule has 3 heterocycles. The van der Waals surface area contributed by atoms with E-state index >= 15 is 0 Å². The van der Waals surface area contributed by atoms with Crippen molar-refractivity contribution in [3.8, 4) is 0 Å². The van der Waals surface area contributed by atoms with Crippen molar-refractivity contribution in [1.82, 2.24) is 20.1 Å². The molecule has 6 nitrogen and oxygen atoms in total. The van der Waals surface area contributed by atoms with Gasteiger partial charge in [-0.1, -0.05) is 0 Å². The van der Waals surface area contributed by atoms with E-state index in [-0.39, 0.29) is 5.82 Å². The number of hydrogen-bond acceptors (Lipinski definition) is 6. The van der Waals surface area contributed by atoms with Gasteiger partial charge in [0, 0.05) is 38.3 Å². The Hall–Kier alpha value is -2.23. The topological polar surface area (TPSA) is 58.3 Å². The van der Waals surface area contributed by atoms with Crippen molar-refractivity contribution in [3.63, 3.8) is 0 Å². The molecule has 0 bridgehead atoms. The Bertz CT molecular complexity index is 781. The summed E-state index contributed by atoms with van der Waals surface area (Å²) in [6.45, 7) is 2.63. The van der Waals surface area contributed by atoms with Crippen molar-refractivity contribution < 1.29 is 22.0 Å². The molecule has 0 spiro atoms. The fourth-order valence-corrected chi connectivity index (χ4v) is 2.95. The van der Waals surface area contributed by atoms with Crippen molar-refractivity contribution in [2.24, 2.45) is 0 Å². The van der Waals surface area contributed by atoms with Gasteiger partial charge in [-0.15, -0.1) is 10.2 Å². The molecule has 0 aromatic carbocycles. The maximum absolute atomic E-state index is 14.0. The molecular weight excluding hydrogens is 354 g/mol. The minimum atomic E-state index is -4.60. The van der Waals surface area contributed by atoms with Gasteiger partial charge in [0.2, 0.25) is 11.8 Å². The zero-order valence-corrected chi connectivity index (χ0v) is 13.8. The third-order valence-corrected chi connectivity index (χ3v) is 4.59. The normalized spacial score (nSPS) is 19.2. The van der Waals surface area contributed by atoms with E-state index in [0.29, 0.717) is 62.7 Å². The largest absolute Gasteiger partial charge is 0.424 e. The summed E-state index contributed by atoms with van der Waals surface area (Å²) in [4.78, 5) is 7.41. The minimum absolute atomic E-state index is 0.0496. The molecule has 26 heavy (non-hydrogen) atoms. The molecule has 0 atom stereocenters. The lowest BCUT2D eigenvalue weighted by Gasteiger charge is -2.34. The van der Waals surface area contributed by atoms with Gasteiger partial charge in [0.25, 0.3) is 0 Å². The van der Waals surface area contributed by atoms with Gasteiger partial charge >= 0.3 is 6.18 Å². The fraction of sp³-hybridized carbons (Fsp3) is 0.562. The van der Waals surface area contributed by atoms with Crippen LogP contribution in [0, 0.1) is 5.82 Å². The summed E-state index contributed by atoms with van der Waals surface area (Å²) in [5, 5.41) is 8.09. The molecule has 140 valence electrons. The Balaban J connectivity index is 1.35. The molecule has 2 aromatic heterocycles. The summed E-state index contributed by atoms with van der Waals surface area (Å²) >= 11 is 0. The lowest BCUT2D eigenvalue weighted by Crippen LogP contribution is -2.46. The lowest BCUT2D eigenvalue weighted by atomic mass is 10.2. The van der Waals surface area contributed by atoms with Crippen LogP contribution in [0.5, 0.6) is 0 Å². The molecule has 0 unspecified atom stereocenters. The van der Waals surface area contributed by atoms with Crippen LogP contribution in [0.25, 0.3) is 0 Å². The van der Waals surface area contributed by atoms with Crippen molar-refractivity contribution in [2.75, 3.05) is 31.1 Å². The molecule has 2 aromatic rings. The number of nitrogens with zero attached hydrogens (tertiary/aromatic N) is 5. The maximum atomic E-state index is 14.0. The van der Waals surface area contributed by atoms with Gasteiger partial charge in [0.15, 0.2) is 11.6 Å². The second kappa shape index (κ2) is 6.49. The van der Waals surface area contributed by atoms with Gasteiger partial charge in [0.1, 0.15) is 0 Å². The predicted octanol–water partition coefficient (Wildman–Crippen LogP) is 2.82. The Kier molecular flexibility index (Phi) is 4.29. The SMILES string of the molecule is Fc1cc(C(F)(F)F)cnc1N1CCN(Cc2nnc(C3CC3)o2)CC1. The highest BCUT2D eigenvalue weighted by Gasteiger charge is 2.33. The maximum Gasteiger partial charge on any atom is 0.417 e. The Labute approximate surface area is 146 Å². The van der Waals surface area contributed by atoms with Crippen molar-refractivity contribution in [1.29, 1.82) is 0 Å². The average molecular weight is 371 g/mol. The molecule has 2 aliphatic rings. The summed E-state index contributed by atoms with van der Waals surface area (Å²) < 4.78 is 57.5. The van der Waals surface area contributed by atoms with Crippen LogP contribution in [0.2, 0.25) is 0 Å². The minimum Gasteiger partial charge on any atom is -0.424 e. The fourth-order valence-electron chi connectivity index (χ4n) is 2.95.